The van der Waals surface area contributed by atoms with Gasteiger partial charge in [-0.05, 0) is 45.3 Å². The van der Waals surface area contributed by atoms with Gasteiger partial charge in [0.15, 0.2) is 5.82 Å². The fourth-order valence-electron chi connectivity index (χ4n) is 2.99. The lowest BCUT2D eigenvalue weighted by Gasteiger charge is -2.33. The summed E-state index contributed by atoms with van der Waals surface area (Å²) in [6, 6.07) is 2.12. The molecule has 1 saturated heterocycles. The van der Waals surface area contributed by atoms with Gasteiger partial charge in [-0.2, -0.15) is 5.10 Å². The number of hydrogen-bond donors (Lipinski definition) is 1. The van der Waals surface area contributed by atoms with E-state index in [0.29, 0.717) is 5.92 Å². The first-order chi connectivity index (χ1) is 9.28. The van der Waals surface area contributed by atoms with Crippen LogP contribution in [0.1, 0.15) is 18.5 Å². The molecule has 1 N–H and O–H groups in total. The standard InChI is InChI=1S/C14H21N5/c1-11-8-13-14(16-5-7-19(13)17-11)18-6-3-4-12(10-18)9-15-2/h5,7-8,12,15H,3-4,6,9-10H2,1-2H3. The number of aromatic nitrogens is 3. The van der Waals surface area contributed by atoms with Crippen LogP contribution in [0.15, 0.2) is 18.5 Å². The van der Waals surface area contributed by atoms with E-state index in [-0.39, 0.29) is 0 Å². The van der Waals surface area contributed by atoms with Gasteiger partial charge in [0.05, 0.1) is 5.69 Å². The molecule has 19 heavy (non-hydrogen) atoms. The molecule has 1 atom stereocenters. The van der Waals surface area contributed by atoms with Crippen LogP contribution >= 0.6 is 0 Å². The predicted octanol–water partition coefficient (Wildman–Crippen LogP) is 1.47. The highest BCUT2D eigenvalue weighted by atomic mass is 15.3. The number of hydrogen-bond acceptors (Lipinski definition) is 4. The second-order valence-corrected chi connectivity index (χ2v) is 5.38. The number of rotatable bonds is 3. The van der Waals surface area contributed by atoms with Crippen LogP contribution in [0.2, 0.25) is 0 Å². The van der Waals surface area contributed by atoms with Gasteiger partial charge < -0.3 is 10.2 Å². The predicted molar refractivity (Wildman–Crippen MR) is 76.6 cm³/mol. The summed E-state index contributed by atoms with van der Waals surface area (Å²) in [4.78, 5) is 6.99. The third kappa shape index (κ3) is 2.42. The van der Waals surface area contributed by atoms with Crippen LogP contribution in [-0.4, -0.2) is 41.3 Å². The zero-order valence-corrected chi connectivity index (χ0v) is 11.6. The maximum Gasteiger partial charge on any atom is 0.154 e. The Kier molecular flexibility index (Phi) is 3.38. The fraction of sp³-hybridized carbons (Fsp3) is 0.571. The summed E-state index contributed by atoms with van der Waals surface area (Å²) < 4.78 is 1.93. The van der Waals surface area contributed by atoms with Crippen molar-refractivity contribution < 1.29 is 0 Å². The number of fused-ring (bicyclic) bond motifs is 1. The van der Waals surface area contributed by atoms with E-state index in [0.717, 1.165) is 36.7 Å². The van der Waals surface area contributed by atoms with Crippen molar-refractivity contribution in [3.05, 3.63) is 24.2 Å². The average Bonchev–Trinajstić information content (AvgIpc) is 2.79. The van der Waals surface area contributed by atoms with Crippen molar-refractivity contribution in [3.8, 4) is 0 Å². The normalized spacial score (nSPS) is 20.1. The molecule has 0 amide bonds. The lowest BCUT2D eigenvalue weighted by Crippen LogP contribution is -2.39. The molecule has 1 aliphatic rings. The van der Waals surface area contributed by atoms with E-state index in [9.17, 15) is 0 Å². The minimum absolute atomic E-state index is 0.713. The molecule has 5 heteroatoms. The summed E-state index contributed by atoms with van der Waals surface area (Å²) in [7, 11) is 2.03. The number of aryl methyl sites for hydroxylation is 1. The highest BCUT2D eigenvalue weighted by Gasteiger charge is 2.22. The van der Waals surface area contributed by atoms with Crippen LogP contribution in [0, 0.1) is 12.8 Å². The van der Waals surface area contributed by atoms with Gasteiger partial charge in [0.1, 0.15) is 5.52 Å². The maximum absolute atomic E-state index is 4.58. The fourth-order valence-corrected chi connectivity index (χ4v) is 2.99. The van der Waals surface area contributed by atoms with E-state index in [4.69, 9.17) is 0 Å². The second kappa shape index (κ2) is 5.17. The highest BCUT2D eigenvalue weighted by Crippen LogP contribution is 2.25. The summed E-state index contributed by atoms with van der Waals surface area (Å²) in [5, 5.41) is 7.75. The molecule has 1 aliphatic heterocycles. The Morgan fingerprint density at radius 1 is 1.47 bits per heavy atom. The summed E-state index contributed by atoms with van der Waals surface area (Å²) >= 11 is 0. The molecule has 1 unspecified atom stereocenters. The average molecular weight is 259 g/mol. The quantitative estimate of drug-likeness (QED) is 0.907. The van der Waals surface area contributed by atoms with Crippen molar-refractivity contribution in [1.82, 2.24) is 19.9 Å². The number of piperidine rings is 1. The molecule has 0 saturated carbocycles. The van der Waals surface area contributed by atoms with E-state index >= 15 is 0 Å². The Balaban J connectivity index is 1.90. The lowest BCUT2D eigenvalue weighted by atomic mass is 9.98. The Hall–Kier alpha value is -1.62. The van der Waals surface area contributed by atoms with Crippen LogP contribution in [0.25, 0.3) is 5.52 Å². The topological polar surface area (TPSA) is 45.5 Å². The first-order valence-electron chi connectivity index (χ1n) is 6.98. The van der Waals surface area contributed by atoms with Crippen molar-refractivity contribution in [2.45, 2.75) is 19.8 Å². The first-order valence-corrected chi connectivity index (χ1v) is 6.98. The van der Waals surface area contributed by atoms with E-state index < -0.39 is 0 Å². The van der Waals surface area contributed by atoms with Crippen molar-refractivity contribution in [1.29, 1.82) is 0 Å². The van der Waals surface area contributed by atoms with Gasteiger partial charge in [-0.15, -0.1) is 0 Å². The number of nitrogens with zero attached hydrogens (tertiary/aromatic N) is 4. The summed E-state index contributed by atoms with van der Waals surface area (Å²) in [5.74, 6) is 1.79. The Bertz CT molecular complexity index is 560. The van der Waals surface area contributed by atoms with Gasteiger partial charge >= 0.3 is 0 Å². The number of anilines is 1. The zero-order chi connectivity index (χ0) is 13.2. The van der Waals surface area contributed by atoms with Gasteiger partial charge in [-0.3, -0.25) is 0 Å². The largest absolute Gasteiger partial charge is 0.355 e. The Morgan fingerprint density at radius 3 is 3.21 bits per heavy atom. The monoisotopic (exact) mass is 259 g/mol. The van der Waals surface area contributed by atoms with Crippen LogP contribution in [0.5, 0.6) is 0 Å². The molecule has 1 fully saturated rings. The third-order valence-electron chi connectivity index (χ3n) is 3.80. The smallest absolute Gasteiger partial charge is 0.154 e. The molecule has 3 rings (SSSR count). The molecule has 0 radical (unpaired) electrons. The van der Waals surface area contributed by atoms with E-state index in [2.05, 4.69) is 26.4 Å². The zero-order valence-electron chi connectivity index (χ0n) is 11.6. The van der Waals surface area contributed by atoms with Gasteiger partial charge in [0, 0.05) is 25.5 Å². The van der Waals surface area contributed by atoms with Gasteiger partial charge in [-0.1, -0.05) is 0 Å². The molecule has 102 valence electrons. The molecule has 0 bridgehead atoms. The van der Waals surface area contributed by atoms with E-state index in [1.54, 1.807) is 0 Å². The van der Waals surface area contributed by atoms with Gasteiger partial charge in [0.2, 0.25) is 0 Å². The van der Waals surface area contributed by atoms with Crippen molar-refractivity contribution in [2.24, 2.45) is 5.92 Å². The molecule has 2 aromatic rings. The minimum Gasteiger partial charge on any atom is -0.355 e. The summed E-state index contributed by atoms with van der Waals surface area (Å²) in [6.07, 6.45) is 6.30. The van der Waals surface area contributed by atoms with Crippen LogP contribution in [0.3, 0.4) is 0 Å². The summed E-state index contributed by atoms with van der Waals surface area (Å²) in [5.41, 5.74) is 2.16. The maximum atomic E-state index is 4.58. The second-order valence-electron chi connectivity index (χ2n) is 5.38. The highest BCUT2D eigenvalue weighted by molar-refractivity contribution is 5.69. The summed E-state index contributed by atoms with van der Waals surface area (Å²) in [6.45, 7) is 5.28. The molecule has 0 aromatic carbocycles. The molecule has 0 spiro atoms. The minimum atomic E-state index is 0.713. The van der Waals surface area contributed by atoms with E-state index in [1.807, 2.05) is 30.9 Å². The Labute approximate surface area is 113 Å². The van der Waals surface area contributed by atoms with Crippen LogP contribution < -0.4 is 10.2 Å². The van der Waals surface area contributed by atoms with Crippen molar-refractivity contribution in [2.75, 3.05) is 31.6 Å². The van der Waals surface area contributed by atoms with Crippen molar-refractivity contribution in [3.63, 3.8) is 0 Å². The van der Waals surface area contributed by atoms with Crippen LogP contribution in [-0.2, 0) is 0 Å². The third-order valence-corrected chi connectivity index (χ3v) is 3.80. The van der Waals surface area contributed by atoms with Crippen LogP contribution in [0.4, 0.5) is 5.82 Å². The molecule has 3 heterocycles. The van der Waals surface area contributed by atoms with E-state index in [1.165, 1.54) is 12.8 Å². The molecule has 0 aliphatic carbocycles. The first kappa shape index (κ1) is 12.4. The van der Waals surface area contributed by atoms with Gasteiger partial charge in [0.25, 0.3) is 0 Å². The SMILES string of the molecule is CNCC1CCCN(c2nccn3nc(C)cc23)C1. The molecular formula is C14H21N5. The molecule has 5 nitrogen and oxygen atoms in total. The number of nitrogens with one attached hydrogen (secondary N) is 1. The molecule has 2 aromatic heterocycles. The van der Waals surface area contributed by atoms with Gasteiger partial charge in [-0.25, -0.2) is 9.50 Å². The molecular weight excluding hydrogens is 238 g/mol. The lowest BCUT2D eigenvalue weighted by molar-refractivity contribution is 0.401. The Morgan fingerprint density at radius 2 is 2.37 bits per heavy atom. The van der Waals surface area contributed by atoms with Crippen molar-refractivity contribution >= 4 is 11.3 Å².